The Hall–Kier alpha value is -8.86. The van der Waals surface area contributed by atoms with Crippen LogP contribution in [0.4, 0.5) is 0 Å². The maximum absolute atomic E-state index is 16.6. The van der Waals surface area contributed by atoms with E-state index in [1.165, 1.54) is 52.0 Å². The smallest absolute Gasteiger partial charge is 0.350 e. The summed E-state index contributed by atoms with van der Waals surface area (Å²) in [6, 6.07) is 30.9. The molecule has 5 aromatic rings. The molecule has 3 fully saturated rings. The maximum atomic E-state index is 16.6. The molecule has 0 radical (unpaired) electrons. The number of aryl methyl sites for hydroxylation is 1. The van der Waals surface area contributed by atoms with Gasteiger partial charge >= 0.3 is 41.8 Å². The van der Waals surface area contributed by atoms with Gasteiger partial charge < -0.3 is 54.0 Å². The van der Waals surface area contributed by atoms with Gasteiger partial charge in [0.05, 0.1) is 41.2 Å². The minimum Gasteiger partial charge on any atom is -0.481 e. The highest BCUT2D eigenvalue weighted by Crippen LogP contribution is 2.65. The Morgan fingerprint density at radius 3 is 1.88 bits per heavy atom. The van der Waals surface area contributed by atoms with E-state index in [0.717, 1.165) is 25.2 Å². The summed E-state index contributed by atoms with van der Waals surface area (Å²) in [5.74, 6) is -11.6. The fourth-order valence-corrected chi connectivity index (χ4v) is 14.0. The van der Waals surface area contributed by atoms with Gasteiger partial charge in [0.25, 0.3) is 5.91 Å². The van der Waals surface area contributed by atoms with E-state index in [1.807, 2.05) is 0 Å². The summed E-state index contributed by atoms with van der Waals surface area (Å²) in [7, 11) is 0. The highest BCUT2D eigenvalue weighted by Gasteiger charge is 2.79. The first-order valence-electron chi connectivity index (χ1n) is 29.1. The molecule has 4 aromatic carbocycles. The third kappa shape index (κ3) is 13.2. The molecule has 2 bridgehead atoms. The first kappa shape index (κ1) is 64.6. The van der Waals surface area contributed by atoms with Crippen LogP contribution in [0.15, 0.2) is 144 Å². The van der Waals surface area contributed by atoms with Gasteiger partial charge in [-0.1, -0.05) is 123 Å². The van der Waals surface area contributed by atoms with Crippen molar-refractivity contribution in [3.05, 3.63) is 177 Å². The van der Waals surface area contributed by atoms with Gasteiger partial charge in [0.2, 0.25) is 12.0 Å². The fourth-order valence-electron chi connectivity index (χ4n) is 13.1. The number of ketones is 1. The Kier molecular flexibility index (Phi) is 19.2. The molecule has 3 aliphatic carbocycles. The third-order valence-corrected chi connectivity index (χ3v) is 18.7. The second-order valence-corrected chi connectivity index (χ2v) is 24.6. The predicted octanol–water partition coefficient (Wildman–Crippen LogP) is 7.04. The maximum Gasteiger partial charge on any atom is 0.350 e. The number of amides is 2. The number of carbonyl (C=O) groups excluding carboxylic acids is 9. The fraction of sp³-hybridized carbons (Fsp3) is 0.403. The molecule has 89 heavy (non-hydrogen) atoms. The number of nitrogens with one attached hydrogen (secondary N) is 2. The zero-order valence-corrected chi connectivity index (χ0v) is 50.9. The lowest BCUT2D eigenvalue weighted by atomic mass is 9.44. The molecule has 9 rings (SSSR count). The summed E-state index contributed by atoms with van der Waals surface area (Å²) in [6.45, 7) is 9.34. The average molecular weight is 1240 g/mol. The van der Waals surface area contributed by atoms with Crippen LogP contribution < -0.4 is 10.6 Å². The number of ether oxygens (including phenoxy) is 7. The number of benzene rings is 4. The van der Waals surface area contributed by atoms with Crippen LogP contribution in [0, 0.1) is 23.7 Å². The van der Waals surface area contributed by atoms with Crippen LogP contribution in [0.3, 0.4) is 0 Å². The van der Waals surface area contributed by atoms with Crippen LogP contribution in [0.1, 0.15) is 116 Å². The Labute approximate surface area is 517 Å². The standard InChI is InChI=1S/C67H70N2O19S/c1-37-30-31-89-56(37)61(78)68-45(28-29-49(72)73)60(77)69-53(43-24-16-10-17-25-43)55(86-51(75)33-42-22-14-9-15-23-42)63(80)84-46-35-67(81)59(87-62(79)44-26-18-11-19-27-44)57-65(7,58(76)54(83-39(3)70)52(38(46)2)64(67,5)6)47(34-48-66(57,36-82-48)88-40(4)71)85-50(74)32-41-20-12-8-13-21-41/h8-27,30-31,45-48,53-55,57,59,81H,28-29,32-36H2,1-7H3,(H,68,78)(H,69,77)(H,72,73)/t45-,46+,47+,48-,53+,54-,55-,57+,59+,65-,66+,67-/m1/s1. The first-order chi connectivity index (χ1) is 42.3. The number of fused-ring (bicyclic) bond motifs is 5. The Morgan fingerprint density at radius 1 is 0.730 bits per heavy atom. The van der Waals surface area contributed by atoms with E-state index in [2.05, 4.69) is 10.6 Å². The lowest BCUT2D eigenvalue weighted by Gasteiger charge is -2.67. The minimum atomic E-state index is -2.62. The quantitative estimate of drug-likeness (QED) is 0.0325. The van der Waals surface area contributed by atoms with Crippen LogP contribution in [0.5, 0.6) is 0 Å². The van der Waals surface area contributed by atoms with Gasteiger partial charge in [0, 0.05) is 38.5 Å². The van der Waals surface area contributed by atoms with Gasteiger partial charge in [-0.25, -0.2) is 9.59 Å². The van der Waals surface area contributed by atoms with E-state index in [-0.39, 0.29) is 40.0 Å². The second kappa shape index (κ2) is 26.5. The van der Waals surface area contributed by atoms with Crippen LogP contribution in [-0.4, -0.2) is 130 Å². The number of carbonyl (C=O) groups is 10. The average Bonchev–Trinajstić information content (AvgIpc) is 0.929. The molecule has 12 atom stereocenters. The molecule has 1 aliphatic heterocycles. The lowest BCUT2D eigenvalue weighted by molar-refractivity contribution is -0.346. The summed E-state index contributed by atoms with van der Waals surface area (Å²) in [6.07, 6.45) is -13.3. The highest BCUT2D eigenvalue weighted by atomic mass is 32.1. The van der Waals surface area contributed by atoms with Gasteiger partial charge in [-0.3, -0.25) is 38.4 Å². The Bertz CT molecular complexity index is 3560. The molecule has 21 nitrogen and oxygen atoms in total. The van der Waals surface area contributed by atoms with Crippen LogP contribution in [0.25, 0.3) is 0 Å². The number of Topliss-reactive ketones (excluding diaryl/α,β-unsaturated/α-hetero) is 1. The first-order valence-corrected chi connectivity index (χ1v) is 30.0. The third-order valence-electron chi connectivity index (χ3n) is 17.7. The van der Waals surface area contributed by atoms with E-state index >= 15 is 9.59 Å². The summed E-state index contributed by atoms with van der Waals surface area (Å²) in [5.41, 5.74) is -6.99. The summed E-state index contributed by atoms with van der Waals surface area (Å²) in [4.78, 5) is 144. The monoisotopic (exact) mass is 1240 g/mol. The number of carboxylic acid groups (broad SMARTS) is 1. The molecule has 22 heteroatoms. The van der Waals surface area contributed by atoms with E-state index in [4.69, 9.17) is 33.2 Å². The lowest BCUT2D eigenvalue weighted by Crippen LogP contribution is -2.82. The second-order valence-electron chi connectivity index (χ2n) is 23.7. The predicted molar refractivity (Wildman–Crippen MR) is 317 cm³/mol. The summed E-state index contributed by atoms with van der Waals surface area (Å²) >= 11 is 1.09. The van der Waals surface area contributed by atoms with Gasteiger partial charge in [-0.15, -0.1) is 11.3 Å². The summed E-state index contributed by atoms with van der Waals surface area (Å²) < 4.78 is 44.2. The van der Waals surface area contributed by atoms with Crippen molar-refractivity contribution in [2.24, 2.45) is 16.7 Å². The Balaban J connectivity index is 1.21. The van der Waals surface area contributed by atoms with Crippen LogP contribution in [-0.2, 0) is 84.4 Å². The molecule has 2 heterocycles. The van der Waals surface area contributed by atoms with Crippen molar-refractivity contribution in [2.75, 3.05) is 6.61 Å². The molecule has 468 valence electrons. The minimum absolute atomic E-state index is 0.0160. The zero-order chi connectivity index (χ0) is 64.2. The van der Waals surface area contributed by atoms with E-state index in [9.17, 15) is 48.6 Å². The van der Waals surface area contributed by atoms with Crippen molar-refractivity contribution in [1.29, 1.82) is 0 Å². The number of hydrogen-bond donors (Lipinski definition) is 4. The normalized spacial score (nSPS) is 25.8. The number of esters is 6. The number of hydrogen-bond acceptors (Lipinski definition) is 19. The summed E-state index contributed by atoms with van der Waals surface area (Å²) in [5, 5.41) is 31.3. The van der Waals surface area contributed by atoms with Crippen molar-refractivity contribution in [2.45, 2.75) is 147 Å². The Morgan fingerprint density at radius 2 is 1.33 bits per heavy atom. The molecule has 0 spiro atoms. The number of carboxylic acids is 1. The van der Waals surface area contributed by atoms with Crippen LogP contribution >= 0.6 is 11.3 Å². The van der Waals surface area contributed by atoms with Crippen molar-refractivity contribution in [3.8, 4) is 0 Å². The molecule has 0 unspecified atom stereocenters. The van der Waals surface area contributed by atoms with Gasteiger partial charge in [0.1, 0.15) is 42.1 Å². The zero-order valence-electron chi connectivity index (χ0n) is 50.1. The highest BCUT2D eigenvalue weighted by molar-refractivity contribution is 7.12. The molecule has 1 saturated heterocycles. The van der Waals surface area contributed by atoms with E-state index in [1.54, 1.807) is 115 Å². The molecular weight excluding hydrogens is 1170 g/mol. The van der Waals surface area contributed by atoms with Crippen molar-refractivity contribution in [1.82, 2.24) is 10.6 Å². The molecule has 2 amide bonds. The van der Waals surface area contributed by atoms with Crippen molar-refractivity contribution < 1.29 is 91.3 Å². The van der Waals surface area contributed by atoms with Gasteiger partial charge in [-0.2, -0.15) is 0 Å². The van der Waals surface area contributed by atoms with Gasteiger partial charge in [-0.05, 0) is 84.2 Å². The number of thiophene rings is 1. The van der Waals surface area contributed by atoms with Crippen LogP contribution in [0.2, 0.25) is 0 Å². The number of aliphatic hydroxyl groups is 1. The molecule has 2 saturated carbocycles. The number of aliphatic carboxylic acids is 1. The van der Waals surface area contributed by atoms with Crippen molar-refractivity contribution >= 4 is 70.7 Å². The molecular formula is C67H70N2O19S. The van der Waals surface area contributed by atoms with E-state index in [0.29, 0.717) is 16.7 Å². The number of rotatable bonds is 21. The largest absolute Gasteiger partial charge is 0.481 e. The SMILES string of the molecule is CC(=O)O[C@H]1C(=O)[C@]2(C)[C@@H](OC(=O)Cc3ccccc3)C[C@H]3OC[C@@]3(OC(C)=O)[C@H]2[C@H](OC(=O)c2ccccc2)[C@]2(O)C[C@H](OC(=O)[C@H](OC(=O)Cc3ccccc3)[C@@H](NC(=O)[C@@H](CCC(=O)O)NC(=O)c3sccc3C)c3ccccc3)C(C)=C1C2(C)C. The van der Waals surface area contributed by atoms with Crippen molar-refractivity contribution in [3.63, 3.8) is 0 Å². The molecule has 4 N–H and O–H groups in total. The molecule has 1 aromatic heterocycles. The molecule has 4 aliphatic rings. The van der Waals surface area contributed by atoms with Gasteiger partial charge in [0.15, 0.2) is 17.5 Å². The topological polar surface area (TPSA) is 300 Å². The van der Waals surface area contributed by atoms with E-state index < -0.39 is 168 Å².